The Hall–Kier alpha value is -1.66. The third-order valence-corrected chi connectivity index (χ3v) is 2.25. The maximum atomic E-state index is 12.8. The van der Waals surface area contributed by atoms with Gasteiger partial charge in [0.15, 0.2) is 0 Å². The second kappa shape index (κ2) is 6.49. The number of alkyl halides is 4. The zero-order chi connectivity index (χ0) is 14.5. The fraction of sp³-hybridized carbons (Fsp3) is 0.500. The van der Waals surface area contributed by atoms with Gasteiger partial charge in [0.05, 0.1) is 13.2 Å². The minimum atomic E-state index is -4.09. The molecule has 0 aliphatic carbocycles. The molecule has 0 unspecified atom stereocenters. The Morgan fingerprint density at radius 1 is 1.32 bits per heavy atom. The lowest BCUT2D eigenvalue weighted by Crippen LogP contribution is -2.34. The Labute approximate surface area is 108 Å². The Bertz CT molecular complexity index is 413. The van der Waals surface area contributed by atoms with Gasteiger partial charge in [0.1, 0.15) is 5.75 Å². The van der Waals surface area contributed by atoms with E-state index in [0.29, 0.717) is 18.0 Å². The van der Waals surface area contributed by atoms with Crippen molar-refractivity contribution in [2.45, 2.75) is 25.7 Å². The van der Waals surface area contributed by atoms with E-state index in [9.17, 15) is 17.6 Å². The number of hydrogen-bond acceptors (Lipinski definition) is 3. The molecule has 1 aromatic rings. The lowest BCUT2D eigenvalue weighted by Gasteiger charge is -2.17. The lowest BCUT2D eigenvalue weighted by molar-refractivity contribution is -0.117. The molecule has 0 bridgehead atoms. The highest BCUT2D eigenvalue weighted by Crippen LogP contribution is 2.26. The van der Waals surface area contributed by atoms with Crippen LogP contribution in [-0.2, 0) is 0 Å². The Balaban J connectivity index is 2.70. The molecule has 0 amide bonds. The van der Waals surface area contributed by atoms with Gasteiger partial charge in [0.25, 0.3) is 0 Å². The minimum absolute atomic E-state index is 0.214. The Morgan fingerprint density at radius 3 is 2.58 bits per heavy atom. The SMILES string of the molecule is CCCOc1cc(N)cc(NCC(F)(F)C(F)F)c1. The van der Waals surface area contributed by atoms with Crippen molar-refractivity contribution in [3.8, 4) is 5.75 Å². The summed E-state index contributed by atoms with van der Waals surface area (Å²) in [6.07, 6.45) is -2.93. The summed E-state index contributed by atoms with van der Waals surface area (Å²) < 4.78 is 54.8. The van der Waals surface area contributed by atoms with E-state index in [0.717, 1.165) is 6.42 Å². The molecule has 0 spiro atoms. The molecule has 0 radical (unpaired) electrons. The van der Waals surface area contributed by atoms with Gasteiger partial charge in [-0.1, -0.05) is 6.92 Å². The summed E-state index contributed by atoms with van der Waals surface area (Å²) in [6.45, 7) is 1.20. The zero-order valence-corrected chi connectivity index (χ0v) is 10.4. The summed E-state index contributed by atoms with van der Waals surface area (Å²) in [4.78, 5) is 0. The summed E-state index contributed by atoms with van der Waals surface area (Å²) >= 11 is 0. The molecule has 0 aromatic heterocycles. The van der Waals surface area contributed by atoms with E-state index in [2.05, 4.69) is 5.32 Å². The van der Waals surface area contributed by atoms with Crippen LogP contribution in [-0.4, -0.2) is 25.5 Å². The third-order valence-electron chi connectivity index (χ3n) is 2.25. The normalized spacial score (nSPS) is 11.7. The summed E-state index contributed by atoms with van der Waals surface area (Å²) in [6, 6.07) is 4.35. The van der Waals surface area contributed by atoms with Gasteiger partial charge in [-0.3, -0.25) is 0 Å². The molecule has 0 atom stereocenters. The van der Waals surface area contributed by atoms with Gasteiger partial charge in [-0.2, -0.15) is 8.78 Å². The molecule has 3 nitrogen and oxygen atoms in total. The Kier molecular flexibility index (Phi) is 5.26. The van der Waals surface area contributed by atoms with Gasteiger partial charge < -0.3 is 15.8 Å². The molecule has 7 heteroatoms. The van der Waals surface area contributed by atoms with E-state index in [4.69, 9.17) is 10.5 Å². The summed E-state index contributed by atoms with van der Waals surface area (Å²) in [5.74, 6) is -3.68. The van der Waals surface area contributed by atoms with Crippen LogP contribution in [0.4, 0.5) is 28.9 Å². The number of nitrogens with two attached hydrogens (primary N) is 1. The fourth-order valence-corrected chi connectivity index (χ4v) is 1.32. The molecule has 108 valence electrons. The largest absolute Gasteiger partial charge is 0.493 e. The van der Waals surface area contributed by atoms with Crippen LogP contribution >= 0.6 is 0 Å². The van der Waals surface area contributed by atoms with Gasteiger partial charge in [-0.05, 0) is 12.5 Å². The van der Waals surface area contributed by atoms with E-state index in [1.54, 1.807) is 0 Å². The number of benzene rings is 1. The molecule has 0 saturated carbocycles. The van der Waals surface area contributed by atoms with Gasteiger partial charge >= 0.3 is 12.3 Å². The molecule has 1 rings (SSSR count). The molecule has 0 saturated heterocycles. The maximum Gasteiger partial charge on any atom is 0.324 e. The van der Waals surface area contributed by atoms with Crippen LogP contribution in [0, 0.1) is 0 Å². The van der Waals surface area contributed by atoms with Crippen LogP contribution in [0.25, 0.3) is 0 Å². The maximum absolute atomic E-state index is 12.8. The second-order valence-electron chi connectivity index (χ2n) is 4.05. The van der Waals surface area contributed by atoms with Crippen LogP contribution in [0.1, 0.15) is 13.3 Å². The highest BCUT2D eigenvalue weighted by Gasteiger charge is 2.40. The quantitative estimate of drug-likeness (QED) is 0.594. The number of ether oxygens (including phenoxy) is 1. The molecule has 0 aliphatic rings. The highest BCUT2D eigenvalue weighted by atomic mass is 19.3. The molecule has 1 aromatic carbocycles. The van der Waals surface area contributed by atoms with Crippen LogP contribution in [0.2, 0.25) is 0 Å². The summed E-state index contributed by atoms with van der Waals surface area (Å²) in [5, 5.41) is 2.23. The number of anilines is 2. The van der Waals surface area contributed by atoms with Gasteiger partial charge in [-0.25, -0.2) is 8.78 Å². The van der Waals surface area contributed by atoms with Crippen LogP contribution < -0.4 is 15.8 Å². The third kappa shape index (κ3) is 4.84. The molecule has 0 aliphatic heterocycles. The van der Waals surface area contributed by atoms with E-state index in [1.807, 2.05) is 6.92 Å². The average Bonchev–Trinajstić information content (AvgIpc) is 2.33. The van der Waals surface area contributed by atoms with E-state index in [1.165, 1.54) is 18.2 Å². The monoisotopic (exact) mass is 280 g/mol. The molecule has 0 fully saturated rings. The van der Waals surface area contributed by atoms with Gasteiger partial charge in [0.2, 0.25) is 0 Å². The number of rotatable bonds is 7. The standard InChI is InChI=1S/C12H16F4N2O/c1-2-3-19-10-5-8(17)4-9(6-10)18-7-12(15,16)11(13)14/h4-6,11,18H,2-3,7,17H2,1H3. The fourth-order valence-electron chi connectivity index (χ4n) is 1.32. The van der Waals surface area contributed by atoms with Crippen molar-refractivity contribution in [3.05, 3.63) is 18.2 Å². The number of nitrogens with one attached hydrogen (secondary N) is 1. The lowest BCUT2D eigenvalue weighted by atomic mass is 10.2. The number of nitrogen functional groups attached to an aromatic ring is 1. The van der Waals surface area contributed by atoms with Crippen LogP contribution in [0.3, 0.4) is 0 Å². The van der Waals surface area contributed by atoms with Crippen molar-refractivity contribution < 1.29 is 22.3 Å². The summed E-state index contributed by atoms with van der Waals surface area (Å²) in [7, 11) is 0. The van der Waals surface area contributed by atoms with Crippen molar-refractivity contribution in [3.63, 3.8) is 0 Å². The number of halogens is 4. The first-order chi connectivity index (χ1) is 8.85. The van der Waals surface area contributed by atoms with Crippen molar-refractivity contribution in [1.82, 2.24) is 0 Å². The van der Waals surface area contributed by atoms with Crippen molar-refractivity contribution >= 4 is 11.4 Å². The minimum Gasteiger partial charge on any atom is -0.493 e. The van der Waals surface area contributed by atoms with E-state index in [-0.39, 0.29) is 5.69 Å². The molecule has 0 heterocycles. The Morgan fingerprint density at radius 2 is 2.00 bits per heavy atom. The molecular weight excluding hydrogens is 264 g/mol. The zero-order valence-electron chi connectivity index (χ0n) is 10.4. The molecule has 19 heavy (non-hydrogen) atoms. The second-order valence-corrected chi connectivity index (χ2v) is 4.05. The first-order valence-electron chi connectivity index (χ1n) is 5.78. The predicted molar refractivity (Wildman–Crippen MR) is 66.1 cm³/mol. The molecule has 3 N–H and O–H groups in total. The van der Waals surface area contributed by atoms with Gasteiger partial charge in [-0.15, -0.1) is 0 Å². The highest BCUT2D eigenvalue weighted by molar-refractivity contribution is 5.59. The van der Waals surface area contributed by atoms with Crippen LogP contribution in [0.5, 0.6) is 5.75 Å². The van der Waals surface area contributed by atoms with E-state index >= 15 is 0 Å². The van der Waals surface area contributed by atoms with Crippen molar-refractivity contribution in [2.75, 3.05) is 24.2 Å². The van der Waals surface area contributed by atoms with E-state index < -0.39 is 18.9 Å². The number of hydrogen-bond donors (Lipinski definition) is 2. The first kappa shape index (κ1) is 15.4. The first-order valence-corrected chi connectivity index (χ1v) is 5.78. The predicted octanol–water partition coefficient (Wildman–Crippen LogP) is 3.37. The smallest absolute Gasteiger partial charge is 0.324 e. The van der Waals surface area contributed by atoms with Crippen LogP contribution in [0.15, 0.2) is 18.2 Å². The van der Waals surface area contributed by atoms with Crippen molar-refractivity contribution in [2.24, 2.45) is 0 Å². The summed E-state index contributed by atoms with van der Waals surface area (Å²) in [5.41, 5.74) is 6.09. The topological polar surface area (TPSA) is 47.3 Å². The van der Waals surface area contributed by atoms with Gasteiger partial charge in [0, 0.05) is 23.5 Å². The van der Waals surface area contributed by atoms with Crippen molar-refractivity contribution in [1.29, 1.82) is 0 Å². The molecular formula is C12H16F4N2O. The average molecular weight is 280 g/mol.